The van der Waals surface area contributed by atoms with E-state index in [1.807, 2.05) is 55.5 Å². The molecule has 2 rings (SSSR count). The number of carbonyl (C=O) groups is 1. The predicted molar refractivity (Wildman–Crippen MR) is 128 cm³/mol. The molecule has 6 nitrogen and oxygen atoms in total. The van der Waals surface area contributed by atoms with Crippen molar-refractivity contribution in [3.05, 3.63) is 71.8 Å². The van der Waals surface area contributed by atoms with Crippen LogP contribution in [-0.2, 0) is 11.3 Å². The molecule has 0 atom stereocenters. The Balaban J connectivity index is 1.97. The zero-order valence-electron chi connectivity index (χ0n) is 18.6. The maximum absolute atomic E-state index is 12.1. The van der Waals surface area contributed by atoms with Crippen molar-refractivity contribution >= 4 is 17.5 Å². The molecule has 2 aromatic rings. The summed E-state index contributed by atoms with van der Waals surface area (Å²) in [5.41, 5.74) is 9.32. The number of nitrogens with one attached hydrogen (secondary N) is 2. The van der Waals surface area contributed by atoms with Gasteiger partial charge in [0.15, 0.2) is 0 Å². The van der Waals surface area contributed by atoms with E-state index < -0.39 is 6.09 Å². The van der Waals surface area contributed by atoms with E-state index in [1.54, 1.807) is 12.1 Å². The van der Waals surface area contributed by atoms with Crippen molar-refractivity contribution in [1.29, 1.82) is 0 Å². The van der Waals surface area contributed by atoms with E-state index in [4.69, 9.17) is 15.2 Å². The molecule has 0 saturated heterocycles. The lowest BCUT2D eigenvalue weighted by molar-refractivity contribution is 0.172. The fraction of sp³-hybridized carbons (Fsp3) is 0.320. The average molecular weight is 424 g/mol. The van der Waals surface area contributed by atoms with E-state index in [1.165, 1.54) is 0 Å². The highest BCUT2D eigenvalue weighted by Gasteiger charge is 2.07. The molecule has 31 heavy (non-hydrogen) atoms. The van der Waals surface area contributed by atoms with Crippen LogP contribution in [0.1, 0.15) is 39.2 Å². The van der Waals surface area contributed by atoms with Gasteiger partial charge in [-0.1, -0.05) is 38.1 Å². The Bertz CT molecular complexity index is 907. The summed E-state index contributed by atoms with van der Waals surface area (Å²) in [6.45, 7) is 7.93. The third-order valence-corrected chi connectivity index (χ3v) is 4.48. The standard InChI is InChI=1S/C25H33N3O3/c1-4-7-9-19(6-3)18-30-25(29)28-21-10-8-11-22(16-21)31-23-12-13-24(26)20(15-23)17-27-14-5-2/h6-13,15-16,27H,4-5,14,17-18,26H2,1-3H3,(H,28,29)/b9-7-,19-6+. The fourth-order valence-electron chi connectivity index (χ4n) is 2.77. The van der Waals surface area contributed by atoms with Crippen LogP contribution < -0.4 is 21.1 Å². The number of nitrogens with two attached hydrogens (primary N) is 1. The molecule has 166 valence electrons. The van der Waals surface area contributed by atoms with Crippen molar-refractivity contribution < 1.29 is 14.3 Å². The van der Waals surface area contributed by atoms with Crippen molar-refractivity contribution in [3.63, 3.8) is 0 Å². The van der Waals surface area contributed by atoms with E-state index in [-0.39, 0.29) is 6.61 Å². The third kappa shape index (κ3) is 8.56. The molecule has 6 heteroatoms. The Labute approximate surface area is 185 Å². The fourth-order valence-corrected chi connectivity index (χ4v) is 2.77. The van der Waals surface area contributed by atoms with Crippen molar-refractivity contribution in [3.8, 4) is 11.5 Å². The first-order valence-electron chi connectivity index (χ1n) is 10.7. The minimum absolute atomic E-state index is 0.218. The molecule has 0 aromatic heterocycles. The number of rotatable bonds is 11. The van der Waals surface area contributed by atoms with Crippen LogP contribution in [0.15, 0.2) is 66.3 Å². The quantitative estimate of drug-likeness (QED) is 0.234. The van der Waals surface area contributed by atoms with Crippen LogP contribution in [-0.4, -0.2) is 19.2 Å². The molecule has 0 radical (unpaired) electrons. The van der Waals surface area contributed by atoms with Gasteiger partial charge in [-0.2, -0.15) is 0 Å². The minimum Gasteiger partial charge on any atom is -0.457 e. The Morgan fingerprint density at radius 3 is 2.68 bits per heavy atom. The first kappa shape index (κ1) is 24.0. The summed E-state index contributed by atoms with van der Waals surface area (Å²) in [4.78, 5) is 12.1. The molecule has 0 heterocycles. The largest absolute Gasteiger partial charge is 0.457 e. The van der Waals surface area contributed by atoms with Gasteiger partial charge in [-0.15, -0.1) is 0 Å². The van der Waals surface area contributed by atoms with E-state index in [0.29, 0.717) is 23.7 Å². The first-order valence-corrected chi connectivity index (χ1v) is 10.7. The highest BCUT2D eigenvalue weighted by Crippen LogP contribution is 2.27. The second-order valence-corrected chi connectivity index (χ2v) is 7.04. The number of amides is 1. The molecule has 0 aliphatic carbocycles. The smallest absolute Gasteiger partial charge is 0.411 e. The summed E-state index contributed by atoms with van der Waals surface area (Å²) in [6, 6.07) is 12.8. The second kappa shape index (κ2) is 13.1. The van der Waals surface area contributed by atoms with Crippen LogP contribution >= 0.6 is 0 Å². The summed E-state index contributed by atoms with van der Waals surface area (Å²) < 4.78 is 11.3. The maximum Gasteiger partial charge on any atom is 0.411 e. The molecule has 0 unspecified atom stereocenters. The lowest BCUT2D eigenvalue weighted by atomic mass is 10.1. The lowest BCUT2D eigenvalue weighted by Crippen LogP contribution is -2.15. The van der Waals surface area contributed by atoms with Crippen molar-refractivity contribution in [1.82, 2.24) is 5.32 Å². The normalized spacial score (nSPS) is 11.5. The van der Waals surface area contributed by atoms with Gasteiger partial charge < -0.3 is 20.5 Å². The Hall–Kier alpha value is -3.25. The number of benzene rings is 2. The number of hydrogen-bond donors (Lipinski definition) is 3. The Morgan fingerprint density at radius 2 is 1.94 bits per heavy atom. The molecule has 0 aliphatic rings. The summed E-state index contributed by atoms with van der Waals surface area (Å²) in [6.07, 6.45) is 7.38. The molecular formula is C25H33N3O3. The van der Waals surface area contributed by atoms with Crippen LogP contribution in [0.5, 0.6) is 11.5 Å². The van der Waals surface area contributed by atoms with Gasteiger partial charge in [-0.25, -0.2) is 4.79 Å². The number of anilines is 2. The zero-order valence-corrected chi connectivity index (χ0v) is 18.6. The number of allylic oxidation sites excluding steroid dienone is 2. The monoisotopic (exact) mass is 423 g/mol. The van der Waals surface area contributed by atoms with Crippen LogP contribution in [0, 0.1) is 0 Å². The van der Waals surface area contributed by atoms with Gasteiger partial charge in [0.25, 0.3) is 0 Å². The molecule has 4 N–H and O–H groups in total. The molecule has 1 amide bonds. The van der Waals surface area contributed by atoms with Crippen LogP contribution in [0.25, 0.3) is 0 Å². The van der Waals surface area contributed by atoms with E-state index in [0.717, 1.165) is 36.2 Å². The highest BCUT2D eigenvalue weighted by molar-refractivity contribution is 5.85. The van der Waals surface area contributed by atoms with Gasteiger partial charge >= 0.3 is 6.09 Å². The Morgan fingerprint density at radius 1 is 1.13 bits per heavy atom. The maximum atomic E-state index is 12.1. The van der Waals surface area contributed by atoms with Crippen molar-refractivity contribution in [2.24, 2.45) is 0 Å². The van der Waals surface area contributed by atoms with Crippen LogP contribution in [0.3, 0.4) is 0 Å². The van der Waals surface area contributed by atoms with Gasteiger partial charge in [0.1, 0.15) is 18.1 Å². The summed E-state index contributed by atoms with van der Waals surface area (Å²) in [5.74, 6) is 1.29. The number of ether oxygens (including phenoxy) is 2. The third-order valence-electron chi connectivity index (χ3n) is 4.48. The number of hydrogen-bond acceptors (Lipinski definition) is 5. The van der Waals surface area contributed by atoms with Gasteiger partial charge in [-0.3, -0.25) is 5.32 Å². The van der Waals surface area contributed by atoms with Gasteiger partial charge in [0, 0.05) is 24.0 Å². The molecule has 0 saturated carbocycles. The van der Waals surface area contributed by atoms with Crippen LogP contribution in [0.2, 0.25) is 0 Å². The molecular weight excluding hydrogens is 390 g/mol. The predicted octanol–water partition coefficient (Wildman–Crippen LogP) is 6.02. The summed E-state index contributed by atoms with van der Waals surface area (Å²) in [5, 5.41) is 6.08. The molecule has 0 aliphatic heterocycles. The summed E-state index contributed by atoms with van der Waals surface area (Å²) in [7, 11) is 0. The second-order valence-electron chi connectivity index (χ2n) is 7.04. The van der Waals surface area contributed by atoms with Gasteiger partial charge in [0.2, 0.25) is 0 Å². The number of carbonyl (C=O) groups excluding carboxylic acids is 1. The topological polar surface area (TPSA) is 85.6 Å². The van der Waals surface area contributed by atoms with E-state index in [9.17, 15) is 4.79 Å². The van der Waals surface area contributed by atoms with Crippen molar-refractivity contribution in [2.45, 2.75) is 40.2 Å². The van der Waals surface area contributed by atoms with Gasteiger partial charge in [0.05, 0.1) is 0 Å². The van der Waals surface area contributed by atoms with E-state index in [2.05, 4.69) is 24.5 Å². The Kier molecular flexibility index (Phi) is 10.2. The van der Waals surface area contributed by atoms with Gasteiger partial charge in [-0.05, 0) is 67.8 Å². The molecule has 0 bridgehead atoms. The molecule has 0 fully saturated rings. The van der Waals surface area contributed by atoms with Crippen molar-refractivity contribution in [2.75, 3.05) is 24.2 Å². The average Bonchev–Trinajstić information content (AvgIpc) is 2.76. The lowest BCUT2D eigenvalue weighted by Gasteiger charge is -2.12. The summed E-state index contributed by atoms with van der Waals surface area (Å²) >= 11 is 0. The molecule has 0 spiro atoms. The first-order chi connectivity index (χ1) is 15.0. The number of nitrogen functional groups attached to an aromatic ring is 1. The zero-order chi connectivity index (χ0) is 22.5. The molecule has 2 aromatic carbocycles. The van der Waals surface area contributed by atoms with Crippen LogP contribution in [0.4, 0.5) is 16.2 Å². The SMILES string of the molecule is C/C=C(\C=C/CC)COC(=O)Nc1cccc(Oc2ccc(N)c(CNCCC)c2)c1. The highest BCUT2D eigenvalue weighted by atomic mass is 16.5. The van der Waals surface area contributed by atoms with E-state index >= 15 is 0 Å². The minimum atomic E-state index is -0.516.